The van der Waals surface area contributed by atoms with Crippen molar-refractivity contribution in [1.29, 1.82) is 0 Å². The number of ether oxygens (including phenoxy) is 2. The van der Waals surface area contributed by atoms with Gasteiger partial charge in [-0.05, 0) is 54.7 Å². The maximum atomic E-state index is 12.3. The zero-order valence-corrected chi connectivity index (χ0v) is 18.0. The van der Waals surface area contributed by atoms with E-state index in [1.165, 1.54) is 13.3 Å². The van der Waals surface area contributed by atoms with Gasteiger partial charge in [0.05, 0.1) is 13.3 Å². The second-order valence-electron chi connectivity index (χ2n) is 7.20. The van der Waals surface area contributed by atoms with Crippen molar-refractivity contribution in [2.75, 3.05) is 19.0 Å². The Morgan fingerprint density at radius 1 is 1.09 bits per heavy atom. The molecule has 1 aliphatic carbocycles. The normalized spacial score (nSPS) is 12.8. The molecule has 0 heterocycles. The van der Waals surface area contributed by atoms with Crippen molar-refractivity contribution in [3.05, 3.63) is 53.6 Å². The van der Waals surface area contributed by atoms with Crippen LogP contribution in [0.2, 0.25) is 0 Å². The molecule has 0 atom stereocenters. The van der Waals surface area contributed by atoms with Crippen LogP contribution in [-0.4, -0.2) is 43.7 Å². The molecule has 3 amide bonds. The number of hydrogen-bond donors (Lipinski definition) is 3. The van der Waals surface area contributed by atoms with E-state index in [0.29, 0.717) is 17.1 Å². The molecule has 0 unspecified atom stereocenters. The topological polar surface area (TPSA) is 118 Å². The lowest BCUT2D eigenvalue weighted by molar-refractivity contribution is -0.139. The molecule has 1 aliphatic rings. The largest absolute Gasteiger partial charge is 0.493 e. The lowest BCUT2D eigenvalue weighted by Crippen LogP contribution is -2.38. The fourth-order valence-electron chi connectivity index (χ4n) is 2.86. The number of hydrazone groups is 1. The Kier molecular flexibility index (Phi) is 7.80. The number of hydrogen-bond acceptors (Lipinski definition) is 6. The predicted octanol–water partition coefficient (Wildman–Crippen LogP) is 2.00. The van der Waals surface area contributed by atoms with Crippen molar-refractivity contribution in [1.82, 2.24) is 10.7 Å². The molecule has 0 aliphatic heterocycles. The van der Waals surface area contributed by atoms with Crippen LogP contribution < -0.4 is 25.5 Å². The van der Waals surface area contributed by atoms with Crippen molar-refractivity contribution < 1.29 is 23.9 Å². The van der Waals surface area contributed by atoms with E-state index in [1.54, 1.807) is 18.2 Å². The SMILES string of the molecule is CCc1ccccc1NC(=O)COc1ccc(/C=N\NC(=O)C(=O)NC2CC2)cc1OC. The van der Waals surface area contributed by atoms with Gasteiger partial charge in [0.15, 0.2) is 18.1 Å². The minimum absolute atomic E-state index is 0.0949. The van der Waals surface area contributed by atoms with E-state index in [9.17, 15) is 14.4 Å². The smallest absolute Gasteiger partial charge is 0.329 e. The van der Waals surface area contributed by atoms with Gasteiger partial charge in [0.25, 0.3) is 5.91 Å². The molecule has 9 nitrogen and oxygen atoms in total. The van der Waals surface area contributed by atoms with Crippen LogP contribution in [0.4, 0.5) is 5.69 Å². The predicted molar refractivity (Wildman–Crippen MR) is 120 cm³/mol. The van der Waals surface area contributed by atoms with Crippen LogP contribution in [0.15, 0.2) is 47.6 Å². The average molecular weight is 438 g/mol. The number of carbonyl (C=O) groups is 3. The first-order valence-electron chi connectivity index (χ1n) is 10.3. The average Bonchev–Trinajstić information content (AvgIpc) is 3.62. The fourth-order valence-corrected chi connectivity index (χ4v) is 2.86. The number of carbonyl (C=O) groups excluding carboxylic acids is 3. The summed E-state index contributed by atoms with van der Waals surface area (Å²) in [6, 6.07) is 12.6. The van der Waals surface area contributed by atoms with Crippen LogP contribution in [0, 0.1) is 0 Å². The van der Waals surface area contributed by atoms with Gasteiger partial charge in [-0.15, -0.1) is 0 Å². The number of benzene rings is 2. The summed E-state index contributed by atoms with van der Waals surface area (Å²) >= 11 is 0. The van der Waals surface area contributed by atoms with E-state index in [0.717, 1.165) is 30.5 Å². The van der Waals surface area contributed by atoms with E-state index in [1.807, 2.05) is 31.2 Å². The molecule has 2 aromatic carbocycles. The van der Waals surface area contributed by atoms with Crippen molar-refractivity contribution in [2.24, 2.45) is 5.10 Å². The second kappa shape index (κ2) is 10.9. The molecule has 0 spiro atoms. The molecule has 32 heavy (non-hydrogen) atoms. The number of methoxy groups -OCH3 is 1. The number of amides is 3. The lowest BCUT2D eigenvalue weighted by Gasteiger charge is -2.13. The van der Waals surface area contributed by atoms with E-state index < -0.39 is 11.8 Å². The summed E-state index contributed by atoms with van der Waals surface area (Å²) in [4.78, 5) is 35.5. The molecule has 2 aromatic rings. The first-order valence-corrected chi connectivity index (χ1v) is 10.3. The third-order valence-corrected chi connectivity index (χ3v) is 4.72. The molecule has 0 bridgehead atoms. The van der Waals surface area contributed by atoms with Gasteiger partial charge >= 0.3 is 11.8 Å². The number of anilines is 1. The molecule has 3 rings (SSSR count). The summed E-state index contributed by atoms with van der Waals surface area (Å²) in [7, 11) is 1.48. The second-order valence-corrected chi connectivity index (χ2v) is 7.20. The zero-order valence-electron chi connectivity index (χ0n) is 18.0. The number of nitrogens with zero attached hydrogens (tertiary/aromatic N) is 1. The highest BCUT2D eigenvalue weighted by molar-refractivity contribution is 6.35. The molecule has 1 fully saturated rings. The summed E-state index contributed by atoms with van der Waals surface area (Å²) < 4.78 is 10.9. The van der Waals surface area contributed by atoms with Crippen LogP contribution in [0.5, 0.6) is 11.5 Å². The van der Waals surface area contributed by atoms with Crippen molar-refractivity contribution in [3.63, 3.8) is 0 Å². The van der Waals surface area contributed by atoms with Gasteiger partial charge in [-0.3, -0.25) is 14.4 Å². The molecule has 9 heteroatoms. The summed E-state index contributed by atoms with van der Waals surface area (Å²) in [5.74, 6) is -1.03. The Balaban J connectivity index is 1.53. The third kappa shape index (κ3) is 6.56. The first-order chi connectivity index (χ1) is 15.5. The molecular formula is C23H26N4O5. The van der Waals surface area contributed by atoms with E-state index >= 15 is 0 Å². The molecule has 3 N–H and O–H groups in total. The van der Waals surface area contributed by atoms with Gasteiger partial charge in [0.1, 0.15) is 0 Å². The Morgan fingerprint density at radius 2 is 1.88 bits per heavy atom. The number of rotatable bonds is 9. The van der Waals surface area contributed by atoms with Crippen LogP contribution in [0.3, 0.4) is 0 Å². The van der Waals surface area contributed by atoms with Crippen LogP contribution >= 0.6 is 0 Å². The van der Waals surface area contributed by atoms with Gasteiger partial charge in [-0.2, -0.15) is 5.10 Å². The van der Waals surface area contributed by atoms with Crippen LogP contribution in [0.25, 0.3) is 0 Å². The summed E-state index contributed by atoms with van der Waals surface area (Å²) in [5.41, 5.74) is 4.59. The molecule has 0 saturated heterocycles. The van der Waals surface area contributed by atoms with Crippen LogP contribution in [-0.2, 0) is 20.8 Å². The Labute approximate surface area is 186 Å². The van der Waals surface area contributed by atoms with Gasteiger partial charge < -0.3 is 20.1 Å². The number of aryl methyl sites for hydroxylation is 1. The van der Waals surface area contributed by atoms with E-state index in [-0.39, 0.29) is 18.6 Å². The zero-order chi connectivity index (χ0) is 22.9. The van der Waals surface area contributed by atoms with E-state index in [2.05, 4.69) is 21.2 Å². The quantitative estimate of drug-likeness (QED) is 0.314. The number of nitrogens with one attached hydrogen (secondary N) is 3. The maximum Gasteiger partial charge on any atom is 0.329 e. The molecule has 0 aromatic heterocycles. The summed E-state index contributed by atoms with van der Waals surface area (Å²) in [6.07, 6.45) is 3.97. The monoisotopic (exact) mass is 438 g/mol. The molecule has 0 radical (unpaired) electrons. The Hall–Kier alpha value is -3.88. The van der Waals surface area contributed by atoms with Gasteiger partial charge in [-0.25, -0.2) is 5.43 Å². The Morgan fingerprint density at radius 3 is 2.59 bits per heavy atom. The van der Waals surface area contributed by atoms with Gasteiger partial charge in [0, 0.05) is 11.7 Å². The van der Waals surface area contributed by atoms with Gasteiger partial charge in [0.2, 0.25) is 0 Å². The molecular weight excluding hydrogens is 412 g/mol. The fraction of sp³-hybridized carbons (Fsp3) is 0.304. The maximum absolute atomic E-state index is 12.3. The van der Waals surface area contributed by atoms with Crippen molar-refractivity contribution in [3.8, 4) is 11.5 Å². The number of para-hydroxylation sites is 1. The highest BCUT2D eigenvalue weighted by Crippen LogP contribution is 2.27. The highest BCUT2D eigenvalue weighted by atomic mass is 16.5. The highest BCUT2D eigenvalue weighted by Gasteiger charge is 2.26. The lowest BCUT2D eigenvalue weighted by atomic mass is 10.1. The van der Waals surface area contributed by atoms with Crippen LogP contribution in [0.1, 0.15) is 30.9 Å². The first kappa shape index (κ1) is 22.8. The minimum atomic E-state index is -0.823. The minimum Gasteiger partial charge on any atom is -0.493 e. The third-order valence-electron chi connectivity index (χ3n) is 4.72. The Bertz CT molecular complexity index is 1020. The van der Waals surface area contributed by atoms with Gasteiger partial charge in [-0.1, -0.05) is 25.1 Å². The van der Waals surface area contributed by atoms with E-state index in [4.69, 9.17) is 9.47 Å². The summed E-state index contributed by atoms with van der Waals surface area (Å²) in [5, 5.41) is 9.21. The summed E-state index contributed by atoms with van der Waals surface area (Å²) in [6.45, 7) is 1.83. The standard InChI is InChI=1S/C23H26N4O5/c1-3-16-6-4-5-7-18(16)26-21(28)14-32-19-11-8-15(12-20(19)31-2)13-24-27-23(30)22(29)25-17-9-10-17/h4-8,11-13,17H,3,9-10,14H2,1-2H3,(H,25,29)(H,26,28)(H,27,30)/b24-13-. The van der Waals surface area contributed by atoms with Crippen molar-refractivity contribution >= 4 is 29.6 Å². The van der Waals surface area contributed by atoms with Crippen molar-refractivity contribution in [2.45, 2.75) is 32.2 Å². The molecule has 1 saturated carbocycles. The molecule has 168 valence electrons.